The summed E-state index contributed by atoms with van der Waals surface area (Å²) < 4.78 is 0. The van der Waals surface area contributed by atoms with Crippen molar-refractivity contribution in [2.75, 3.05) is 0 Å². The first-order valence-corrected chi connectivity index (χ1v) is 3.24. The molecule has 11 heavy (non-hydrogen) atoms. The summed E-state index contributed by atoms with van der Waals surface area (Å²) in [7, 11) is 0. The van der Waals surface area contributed by atoms with Gasteiger partial charge in [0.1, 0.15) is 5.75 Å². The number of phenolic OH excluding ortho intramolecular Hbond substituents is 1. The molecule has 0 atom stereocenters. The zero-order valence-corrected chi connectivity index (χ0v) is 6.04. The lowest BCUT2D eigenvalue weighted by molar-refractivity contribution is 0.475. The summed E-state index contributed by atoms with van der Waals surface area (Å²) >= 11 is 0. The van der Waals surface area contributed by atoms with E-state index in [1.807, 2.05) is 0 Å². The molecule has 0 amide bonds. The standard InChI is InChI=1S/C10H8O/c1-2-3-4-9-5-7-10(11)8-6-9/h2,5-8,11H,1H2. The molecule has 0 saturated carbocycles. The van der Waals surface area contributed by atoms with Crippen LogP contribution in [0.1, 0.15) is 5.56 Å². The van der Waals surface area contributed by atoms with Crippen LogP contribution in [-0.4, -0.2) is 5.11 Å². The Morgan fingerprint density at radius 3 is 2.45 bits per heavy atom. The Balaban J connectivity index is 2.90. The predicted molar refractivity (Wildman–Crippen MR) is 45.2 cm³/mol. The average Bonchev–Trinajstić information content (AvgIpc) is 2.04. The van der Waals surface area contributed by atoms with Gasteiger partial charge in [-0.2, -0.15) is 0 Å². The van der Waals surface area contributed by atoms with Crippen LogP contribution in [0, 0.1) is 11.8 Å². The fourth-order valence-corrected chi connectivity index (χ4v) is 0.679. The minimum absolute atomic E-state index is 0.258. The molecule has 54 valence electrons. The van der Waals surface area contributed by atoms with Crippen molar-refractivity contribution < 1.29 is 5.11 Å². The number of aromatic hydroxyl groups is 1. The van der Waals surface area contributed by atoms with Crippen LogP contribution in [0.3, 0.4) is 0 Å². The van der Waals surface area contributed by atoms with Crippen LogP contribution >= 0.6 is 0 Å². The zero-order valence-electron chi connectivity index (χ0n) is 6.04. The van der Waals surface area contributed by atoms with Gasteiger partial charge in [-0.3, -0.25) is 0 Å². The van der Waals surface area contributed by atoms with E-state index in [4.69, 9.17) is 5.11 Å². The van der Waals surface area contributed by atoms with Gasteiger partial charge in [0.05, 0.1) is 0 Å². The van der Waals surface area contributed by atoms with E-state index in [1.54, 1.807) is 24.3 Å². The number of phenols is 1. The molecule has 0 aliphatic heterocycles. The van der Waals surface area contributed by atoms with Crippen molar-refractivity contribution in [3.63, 3.8) is 0 Å². The molecule has 0 saturated heterocycles. The van der Waals surface area contributed by atoms with Gasteiger partial charge in [0.15, 0.2) is 0 Å². The quantitative estimate of drug-likeness (QED) is 0.551. The van der Waals surface area contributed by atoms with Crippen LogP contribution in [0.15, 0.2) is 36.9 Å². The maximum absolute atomic E-state index is 8.91. The normalized spacial score (nSPS) is 8.00. The SMILES string of the molecule is C=CC#Cc1ccc(O)cc1. The van der Waals surface area contributed by atoms with E-state index in [2.05, 4.69) is 18.4 Å². The second kappa shape index (κ2) is 3.48. The highest BCUT2D eigenvalue weighted by Crippen LogP contribution is 2.07. The zero-order chi connectivity index (χ0) is 8.10. The summed E-state index contributed by atoms with van der Waals surface area (Å²) in [5, 5.41) is 8.91. The average molecular weight is 144 g/mol. The Labute approximate surface area is 66.0 Å². The lowest BCUT2D eigenvalue weighted by atomic mass is 10.2. The third-order valence-corrected chi connectivity index (χ3v) is 1.19. The van der Waals surface area contributed by atoms with Crippen LogP contribution in [0.4, 0.5) is 0 Å². The molecule has 1 aromatic rings. The summed E-state index contributed by atoms with van der Waals surface area (Å²) in [6.45, 7) is 3.47. The Hall–Kier alpha value is -1.68. The van der Waals surface area contributed by atoms with Crippen LogP contribution in [0.5, 0.6) is 5.75 Å². The lowest BCUT2D eigenvalue weighted by Gasteiger charge is -1.89. The Bertz CT molecular complexity index is 298. The van der Waals surface area contributed by atoms with E-state index in [0.717, 1.165) is 5.56 Å². The van der Waals surface area contributed by atoms with Crippen molar-refractivity contribution in [2.45, 2.75) is 0 Å². The van der Waals surface area contributed by atoms with Crippen molar-refractivity contribution in [3.8, 4) is 17.6 Å². The van der Waals surface area contributed by atoms with Gasteiger partial charge in [-0.15, -0.1) is 0 Å². The summed E-state index contributed by atoms with van der Waals surface area (Å²) in [5.74, 6) is 5.82. The van der Waals surface area contributed by atoms with Crippen LogP contribution in [-0.2, 0) is 0 Å². The molecule has 0 unspecified atom stereocenters. The van der Waals surface area contributed by atoms with Gasteiger partial charge in [0.25, 0.3) is 0 Å². The molecule has 0 spiro atoms. The smallest absolute Gasteiger partial charge is 0.115 e. The summed E-state index contributed by atoms with van der Waals surface area (Å²) in [4.78, 5) is 0. The van der Waals surface area contributed by atoms with Crippen molar-refractivity contribution in [1.82, 2.24) is 0 Å². The third kappa shape index (κ3) is 2.19. The molecule has 1 heteroatoms. The van der Waals surface area contributed by atoms with Crippen molar-refractivity contribution in [2.24, 2.45) is 0 Å². The number of allylic oxidation sites excluding steroid dienone is 1. The summed E-state index contributed by atoms with van der Waals surface area (Å²) in [6.07, 6.45) is 1.53. The monoisotopic (exact) mass is 144 g/mol. The molecular weight excluding hydrogens is 136 g/mol. The molecule has 1 rings (SSSR count). The van der Waals surface area contributed by atoms with E-state index in [-0.39, 0.29) is 5.75 Å². The topological polar surface area (TPSA) is 20.2 Å². The van der Waals surface area contributed by atoms with Gasteiger partial charge in [0.2, 0.25) is 0 Å². The molecule has 1 aromatic carbocycles. The van der Waals surface area contributed by atoms with Crippen molar-refractivity contribution >= 4 is 0 Å². The fraction of sp³-hybridized carbons (Fsp3) is 0. The lowest BCUT2D eigenvalue weighted by Crippen LogP contribution is -1.70. The second-order valence-electron chi connectivity index (χ2n) is 2.02. The van der Waals surface area contributed by atoms with Crippen LogP contribution in [0.2, 0.25) is 0 Å². The van der Waals surface area contributed by atoms with E-state index >= 15 is 0 Å². The Morgan fingerprint density at radius 1 is 1.27 bits per heavy atom. The highest BCUT2D eigenvalue weighted by atomic mass is 16.3. The van der Waals surface area contributed by atoms with Crippen LogP contribution in [0.25, 0.3) is 0 Å². The minimum atomic E-state index is 0.258. The minimum Gasteiger partial charge on any atom is -0.508 e. The Kier molecular flexibility index (Phi) is 2.35. The number of rotatable bonds is 0. The molecule has 0 fully saturated rings. The molecule has 0 aliphatic rings. The van der Waals surface area contributed by atoms with Crippen LogP contribution < -0.4 is 0 Å². The molecule has 0 aromatic heterocycles. The Morgan fingerprint density at radius 2 is 1.91 bits per heavy atom. The number of hydrogen-bond donors (Lipinski definition) is 1. The van der Waals surface area contributed by atoms with E-state index in [1.165, 1.54) is 6.08 Å². The fourth-order valence-electron chi connectivity index (χ4n) is 0.679. The highest BCUT2D eigenvalue weighted by Gasteiger charge is 1.85. The van der Waals surface area contributed by atoms with E-state index in [0.29, 0.717) is 0 Å². The second-order valence-corrected chi connectivity index (χ2v) is 2.02. The molecule has 0 aliphatic carbocycles. The first kappa shape index (κ1) is 7.43. The number of hydrogen-bond acceptors (Lipinski definition) is 1. The number of benzene rings is 1. The largest absolute Gasteiger partial charge is 0.508 e. The molecule has 1 N–H and O–H groups in total. The van der Waals surface area contributed by atoms with E-state index < -0.39 is 0 Å². The molecule has 0 bridgehead atoms. The maximum atomic E-state index is 8.91. The van der Waals surface area contributed by atoms with Gasteiger partial charge in [-0.05, 0) is 30.3 Å². The van der Waals surface area contributed by atoms with Gasteiger partial charge < -0.3 is 5.11 Å². The summed E-state index contributed by atoms with van der Waals surface area (Å²) in [5.41, 5.74) is 0.878. The van der Waals surface area contributed by atoms with Gasteiger partial charge in [0, 0.05) is 5.56 Å². The summed E-state index contributed by atoms with van der Waals surface area (Å²) in [6, 6.07) is 6.72. The van der Waals surface area contributed by atoms with Gasteiger partial charge >= 0.3 is 0 Å². The predicted octanol–water partition coefficient (Wildman–Crippen LogP) is 1.93. The van der Waals surface area contributed by atoms with Gasteiger partial charge in [-0.1, -0.05) is 18.4 Å². The first-order valence-electron chi connectivity index (χ1n) is 3.24. The van der Waals surface area contributed by atoms with Crippen molar-refractivity contribution in [1.29, 1.82) is 0 Å². The van der Waals surface area contributed by atoms with Crippen molar-refractivity contribution in [3.05, 3.63) is 42.5 Å². The van der Waals surface area contributed by atoms with E-state index in [9.17, 15) is 0 Å². The molecule has 0 heterocycles. The maximum Gasteiger partial charge on any atom is 0.115 e. The highest BCUT2D eigenvalue weighted by molar-refractivity contribution is 5.39. The molecular formula is C10H8O. The van der Waals surface area contributed by atoms with Gasteiger partial charge in [-0.25, -0.2) is 0 Å². The first-order chi connectivity index (χ1) is 5.33. The molecule has 0 radical (unpaired) electrons. The third-order valence-electron chi connectivity index (χ3n) is 1.19. The molecule has 1 nitrogen and oxygen atoms in total.